The van der Waals surface area contributed by atoms with Crippen LogP contribution in [-0.4, -0.2) is 38.9 Å². The first-order valence-electron chi connectivity index (χ1n) is 10.0. The molecule has 3 aliphatic rings. The lowest BCUT2D eigenvalue weighted by Gasteiger charge is -2.53. The fourth-order valence-corrected chi connectivity index (χ4v) is 4.76. The van der Waals surface area contributed by atoms with Crippen LogP contribution in [-0.2, 0) is 12.6 Å². The summed E-state index contributed by atoms with van der Waals surface area (Å²) >= 11 is 0. The zero-order chi connectivity index (χ0) is 19.4. The first kappa shape index (κ1) is 16.8. The Morgan fingerprint density at radius 2 is 2.00 bits per heavy atom. The molecule has 7 rings (SSSR count). The summed E-state index contributed by atoms with van der Waals surface area (Å²) < 4.78 is 1.82. The number of aryl methyl sites for hydroxylation is 1. The van der Waals surface area contributed by atoms with Crippen molar-refractivity contribution in [3.8, 4) is 22.3 Å². The molecule has 2 unspecified atom stereocenters. The van der Waals surface area contributed by atoms with E-state index in [1.807, 2.05) is 42.6 Å². The van der Waals surface area contributed by atoms with Crippen LogP contribution >= 0.6 is 0 Å². The van der Waals surface area contributed by atoms with Crippen molar-refractivity contribution in [1.82, 2.24) is 30.4 Å². The van der Waals surface area contributed by atoms with Crippen molar-refractivity contribution < 1.29 is 0 Å². The molecule has 1 aromatic carbocycles. The minimum absolute atomic E-state index is 0.00261. The van der Waals surface area contributed by atoms with E-state index in [2.05, 4.69) is 51.0 Å². The highest BCUT2D eigenvalue weighted by atomic mass is 15.2. The first-order chi connectivity index (χ1) is 14.2. The predicted octanol–water partition coefficient (Wildman–Crippen LogP) is 2.86. The smallest absolute Gasteiger partial charge is 0.0752 e. The predicted molar refractivity (Wildman–Crippen MR) is 113 cm³/mol. The summed E-state index contributed by atoms with van der Waals surface area (Å²) in [7, 11) is 1.94. The summed E-state index contributed by atoms with van der Waals surface area (Å²) in [5, 5.41) is 12.6. The van der Waals surface area contributed by atoms with E-state index in [0.717, 1.165) is 58.4 Å². The second-order valence-electron chi connectivity index (χ2n) is 8.19. The summed E-state index contributed by atoms with van der Waals surface area (Å²) in [4.78, 5) is 9.47. The van der Waals surface area contributed by atoms with Gasteiger partial charge in [0.1, 0.15) is 0 Å². The Hall–Kier alpha value is -3.09. The highest BCUT2D eigenvalue weighted by molar-refractivity contribution is 5.97. The topological polar surface area (TPSA) is 67.7 Å². The molecule has 2 N–H and O–H groups in total. The molecule has 0 radical (unpaired) electrons. The van der Waals surface area contributed by atoms with Crippen molar-refractivity contribution in [2.24, 2.45) is 7.05 Å². The molecule has 2 atom stereocenters. The standard InChI is InChI=1S/C23H22N6/c1-29-13-17(11-27-29)16-7-20(19-3-2-6-25-21(19)8-16)15-4-5-22(26-10-15)23-9-18(28-23)12-24-14-23/h2-8,10-11,13,18,24,28H,9,12,14H2,1H3. The molecule has 3 saturated heterocycles. The molecule has 6 heterocycles. The third-order valence-electron chi connectivity index (χ3n) is 6.22. The molecule has 0 aliphatic carbocycles. The van der Waals surface area contributed by atoms with Gasteiger partial charge in [-0.15, -0.1) is 0 Å². The van der Waals surface area contributed by atoms with Crippen LogP contribution in [0.15, 0.2) is 61.2 Å². The van der Waals surface area contributed by atoms with E-state index >= 15 is 0 Å². The molecule has 29 heavy (non-hydrogen) atoms. The molecule has 6 heteroatoms. The number of hydrogen-bond acceptors (Lipinski definition) is 5. The van der Waals surface area contributed by atoms with Crippen molar-refractivity contribution in [3.05, 3.63) is 66.9 Å². The Morgan fingerprint density at radius 3 is 2.72 bits per heavy atom. The van der Waals surface area contributed by atoms with E-state index in [0.29, 0.717) is 6.04 Å². The second-order valence-corrected chi connectivity index (χ2v) is 8.19. The van der Waals surface area contributed by atoms with Crippen LogP contribution in [0.5, 0.6) is 0 Å². The maximum absolute atomic E-state index is 4.86. The molecule has 0 amide bonds. The minimum Gasteiger partial charge on any atom is -0.313 e. The number of fused-ring (bicyclic) bond motifs is 3. The SMILES string of the molecule is Cn1cc(-c2cc(-c3ccc(C45CNCC(C4)N5)nc3)c3cccnc3c2)cn1. The maximum atomic E-state index is 4.86. The second kappa shape index (κ2) is 6.20. The molecule has 4 aromatic rings. The Kier molecular flexibility index (Phi) is 3.60. The highest BCUT2D eigenvalue weighted by Crippen LogP contribution is 2.38. The zero-order valence-electron chi connectivity index (χ0n) is 16.3. The fraction of sp³-hybridized carbons (Fsp3) is 0.261. The van der Waals surface area contributed by atoms with Gasteiger partial charge in [0.05, 0.1) is 22.9 Å². The number of nitrogens with one attached hydrogen (secondary N) is 2. The Labute approximate surface area is 169 Å². The van der Waals surface area contributed by atoms with E-state index in [9.17, 15) is 0 Å². The number of nitrogens with zero attached hydrogens (tertiary/aromatic N) is 4. The third-order valence-corrected chi connectivity index (χ3v) is 6.22. The van der Waals surface area contributed by atoms with Gasteiger partial charge in [0.25, 0.3) is 0 Å². The average molecular weight is 382 g/mol. The van der Waals surface area contributed by atoms with Crippen molar-refractivity contribution in [3.63, 3.8) is 0 Å². The molecule has 144 valence electrons. The van der Waals surface area contributed by atoms with Crippen LogP contribution in [0.2, 0.25) is 0 Å². The molecule has 6 nitrogen and oxygen atoms in total. The Morgan fingerprint density at radius 1 is 1.07 bits per heavy atom. The van der Waals surface area contributed by atoms with Crippen LogP contribution in [0.4, 0.5) is 0 Å². The molecule has 0 spiro atoms. The van der Waals surface area contributed by atoms with Gasteiger partial charge in [-0.3, -0.25) is 14.6 Å². The van der Waals surface area contributed by atoms with Gasteiger partial charge in [-0.1, -0.05) is 12.1 Å². The lowest BCUT2D eigenvalue weighted by molar-refractivity contribution is 0.0831. The number of hydrogen-bond donors (Lipinski definition) is 2. The monoisotopic (exact) mass is 382 g/mol. The van der Waals surface area contributed by atoms with Crippen molar-refractivity contribution in [2.45, 2.75) is 18.0 Å². The van der Waals surface area contributed by atoms with Crippen LogP contribution in [0.25, 0.3) is 33.2 Å². The summed E-state index contributed by atoms with van der Waals surface area (Å²) in [6.07, 6.45) is 8.93. The number of rotatable bonds is 3. The van der Waals surface area contributed by atoms with E-state index in [-0.39, 0.29) is 5.54 Å². The van der Waals surface area contributed by atoms with Crippen LogP contribution in [0.3, 0.4) is 0 Å². The molecular formula is C23H22N6. The molecule has 3 fully saturated rings. The van der Waals surface area contributed by atoms with Crippen LogP contribution in [0.1, 0.15) is 12.1 Å². The quantitative estimate of drug-likeness (QED) is 0.570. The van der Waals surface area contributed by atoms with Crippen LogP contribution < -0.4 is 10.6 Å². The van der Waals surface area contributed by atoms with Crippen molar-refractivity contribution >= 4 is 10.9 Å². The zero-order valence-corrected chi connectivity index (χ0v) is 16.3. The molecule has 2 bridgehead atoms. The average Bonchev–Trinajstić information content (AvgIpc) is 3.19. The lowest BCUT2D eigenvalue weighted by atomic mass is 9.75. The first-order valence-corrected chi connectivity index (χ1v) is 10.0. The Balaban J connectivity index is 1.45. The van der Waals surface area contributed by atoms with Gasteiger partial charge in [-0.05, 0) is 41.8 Å². The van der Waals surface area contributed by atoms with Crippen molar-refractivity contribution in [2.75, 3.05) is 13.1 Å². The molecule has 3 aromatic heterocycles. The third kappa shape index (κ3) is 2.68. The number of aromatic nitrogens is 4. The molecule has 0 saturated carbocycles. The van der Waals surface area contributed by atoms with Crippen LogP contribution in [0, 0.1) is 0 Å². The normalized spacial score (nSPS) is 23.1. The summed E-state index contributed by atoms with van der Waals surface area (Å²) in [5.74, 6) is 0. The van der Waals surface area contributed by atoms with Crippen molar-refractivity contribution in [1.29, 1.82) is 0 Å². The van der Waals surface area contributed by atoms with Gasteiger partial charge >= 0.3 is 0 Å². The minimum atomic E-state index is 0.00261. The number of benzene rings is 1. The van der Waals surface area contributed by atoms with Gasteiger partial charge in [0.15, 0.2) is 0 Å². The lowest BCUT2D eigenvalue weighted by Crippen LogP contribution is -2.72. The van der Waals surface area contributed by atoms with Gasteiger partial charge in [-0.25, -0.2) is 0 Å². The summed E-state index contributed by atoms with van der Waals surface area (Å²) in [5.41, 5.74) is 6.55. The fourth-order valence-electron chi connectivity index (χ4n) is 4.76. The number of piperidine rings is 1. The summed E-state index contributed by atoms with van der Waals surface area (Å²) in [6.45, 7) is 2.00. The van der Waals surface area contributed by atoms with E-state index in [4.69, 9.17) is 4.98 Å². The van der Waals surface area contributed by atoms with Gasteiger partial charge in [-0.2, -0.15) is 5.10 Å². The van der Waals surface area contributed by atoms with Gasteiger partial charge in [0, 0.05) is 61.3 Å². The summed E-state index contributed by atoms with van der Waals surface area (Å²) in [6, 6.07) is 13.4. The van der Waals surface area contributed by atoms with E-state index in [1.54, 1.807) is 0 Å². The van der Waals surface area contributed by atoms with E-state index < -0.39 is 0 Å². The Bertz CT molecular complexity index is 1200. The van der Waals surface area contributed by atoms with Gasteiger partial charge < -0.3 is 10.6 Å². The van der Waals surface area contributed by atoms with E-state index in [1.165, 1.54) is 0 Å². The molecular weight excluding hydrogens is 360 g/mol. The number of pyridine rings is 2. The largest absolute Gasteiger partial charge is 0.313 e. The highest BCUT2D eigenvalue weighted by Gasteiger charge is 2.48. The maximum Gasteiger partial charge on any atom is 0.0752 e. The van der Waals surface area contributed by atoms with Gasteiger partial charge in [0.2, 0.25) is 0 Å². The number of piperazine rings is 1. The molecule has 3 aliphatic heterocycles.